The predicted octanol–water partition coefficient (Wildman–Crippen LogP) is 2.37. The number of methoxy groups -OCH3 is 1. The number of nitrogens with one attached hydrogen (secondary N) is 1. The van der Waals surface area contributed by atoms with Crippen LogP contribution in [0.1, 0.15) is 36.0 Å². The Labute approximate surface area is 118 Å². The number of amides is 1. The largest absolute Gasteiger partial charge is 0.465 e. The van der Waals surface area contributed by atoms with Gasteiger partial charge in [-0.1, -0.05) is 6.07 Å². The minimum atomic E-state index is -0.416. The van der Waals surface area contributed by atoms with Crippen molar-refractivity contribution in [2.24, 2.45) is 0 Å². The zero-order valence-corrected chi connectivity index (χ0v) is 11.6. The van der Waals surface area contributed by atoms with Crippen LogP contribution in [0.5, 0.6) is 0 Å². The predicted molar refractivity (Wildman–Crippen MR) is 74.6 cm³/mol. The first kappa shape index (κ1) is 14.5. The molecule has 1 heterocycles. The van der Waals surface area contributed by atoms with E-state index in [-0.39, 0.29) is 12.0 Å². The van der Waals surface area contributed by atoms with Crippen LogP contribution in [0.15, 0.2) is 24.3 Å². The third kappa shape index (κ3) is 4.06. The zero-order valence-electron chi connectivity index (χ0n) is 11.6. The van der Waals surface area contributed by atoms with Gasteiger partial charge >= 0.3 is 5.97 Å². The molecule has 1 saturated heterocycles. The lowest BCUT2D eigenvalue weighted by Crippen LogP contribution is -2.15. The van der Waals surface area contributed by atoms with E-state index >= 15 is 0 Å². The van der Waals surface area contributed by atoms with E-state index in [4.69, 9.17) is 4.74 Å². The molecular weight excluding hydrogens is 258 g/mol. The fourth-order valence-corrected chi connectivity index (χ4v) is 2.23. The highest BCUT2D eigenvalue weighted by Crippen LogP contribution is 2.17. The van der Waals surface area contributed by atoms with Gasteiger partial charge in [-0.05, 0) is 37.5 Å². The average Bonchev–Trinajstić information content (AvgIpc) is 2.98. The molecule has 1 aromatic carbocycles. The van der Waals surface area contributed by atoms with Gasteiger partial charge in [0.15, 0.2) is 0 Å². The van der Waals surface area contributed by atoms with Crippen molar-refractivity contribution in [3.8, 4) is 0 Å². The molecule has 108 valence electrons. The van der Waals surface area contributed by atoms with Crippen LogP contribution >= 0.6 is 0 Å². The second-order valence-corrected chi connectivity index (χ2v) is 4.79. The molecule has 0 spiro atoms. The Kier molecular flexibility index (Phi) is 5.12. The molecule has 1 atom stereocenters. The molecule has 5 nitrogen and oxygen atoms in total. The van der Waals surface area contributed by atoms with Gasteiger partial charge in [0.2, 0.25) is 5.91 Å². The lowest BCUT2D eigenvalue weighted by Gasteiger charge is -2.10. The molecular formula is C15H19NO4. The van der Waals surface area contributed by atoms with Gasteiger partial charge in [0.1, 0.15) is 0 Å². The maximum Gasteiger partial charge on any atom is 0.337 e. The summed E-state index contributed by atoms with van der Waals surface area (Å²) in [4.78, 5) is 23.2. The van der Waals surface area contributed by atoms with Crippen LogP contribution in [0.3, 0.4) is 0 Å². The molecule has 1 fully saturated rings. The van der Waals surface area contributed by atoms with E-state index in [1.807, 2.05) is 0 Å². The fraction of sp³-hybridized carbons (Fsp3) is 0.467. The molecule has 1 aliphatic rings. The number of benzene rings is 1. The highest BCUT2D eigenvalue weighted by molar-refractivity contribution is 5.94. The molecule has 20 heavy (non-hydrogen) atoms. The van der Waals surface area contributed by atoms with Crippen molar-refractivity contribution in [3.05, 3.63) is 29.8 Å². The van der Waals surface area contributed by atoms with Crippen molar-refractivity contribution in [2.45, 2.75) is 31.8 Å². The monoisotopic (exact) mass is 277 g/mol. The third-order valence-electron chi connectivity index (χ3n) is 3.28. The van der Waals surface area contributed by atoms with Gasteiger partial charge in [-0.2, -0.15) is 0 Å². The van der Waals surface area contributed by atoms with Crippen LogP contribution in [-0.2, 0) is 14.3 Å². The van der Waals surface area contributed by atoms with E-state index in [2.05, 4.69) is 10.1 Å². The first-order chi connectivity index (χ1) is 9.69. The first-order valence-corrected chi connectivity index (χ1v) is 6.79. The van der Waals surface area contributed by atoms with Gasteiger partial charge in [0.05, 0.1) is 18.8 Å². The number of carbonyl (C=O) groups is 2. The minimum absolute atomic E-state index is 0.0671. The van der Waals surface area contributed by atoms with Gasteiger partial charge in [-0.15, -0.1) is 0 Å². The molecule has 1 unspecified atom stereocenters. The molecule has 1 N–H and O–H groups in total. The maximum atomic E-state index is 11.8. The lowest BCUT2D eigenvalue weighted by atomic mass is 10.1. The first-order valence-electron chi connectivity index (χ1n) is 6.79. The van der Waals surface area contributed by atoms with Crippen molar-refractivity contribution in [1.29, 1.82) is 0 Å². The number of esters is 1. The van der Waals surface area contributed by atoms with Crippen molar-refractivity contribution < 1.29 is 19.1 Å². The summed E-state index contributed by atoms with van der Waals surface area (Å²) >= 11 is 0. The average molecular weight is 277 g/mol. The molecule has 0 aromatic heterocycles. The maximum absolute atomic E-state index is 11.8. The summed E-state index contributed by atoms with van der Waals surface area (Å²) in [6.45, 7) is 0.799. The third-order valence-corrected chi connectivity index (χ3v) is 3.28. The molecule has 0 saturated carbocycles. The highest BCUT2D eigenvalue weighted by Gasteiger charge is 2.16. The molecule has 1 aliphatic heterocycles. The second-order valence-electron chi connectivity index (χ2n) is 4.79. The Morgan fingerprint density at radius 1 is 1.45 bits per heavy atom. The smallest absolute Gasteiger partial charge is 0.337 e. The molecule has 1 amide bonds. The molecule has 0 aliphatic carbocycles. The number of rotatable bonds is 5. The normalized spacial score (nSPS) is 17.8. The Hall–Kier alpha value is -1.88. The van der Waals surface area contributed by atoms with Crippen molar-refractivity contribution in [1.82, 2.24) is 0 Å². The van der Waals surface area contributed by atoms with Gasteiger partial charge in [0, 0.05) is 18.7 Å². The SMILES string of the molecule is COC(=O)c1cccc(NC(=O)CCC2CCCO2)c1. The summed E-state index contributed by atoms with van der Waals surface area (Å²) in [5, 5.41) is 2.78. The number of ether oxygens (including phenoxy) is 2. The van der Waals surface area contributed by atoms with Crippen molar-refractivity contribution in [2.75, 3.05) is 19.0 Å². The molecule has 2 rings (SSSR count). The van der Waals surface area contributed by atoms with Crippen LogP contribution < -0.4 is 5.32 Å². The van der Waals surface area contributed by atoms with Crippen LogP contribution in [0.25, 0.3) is 0 Å². The molecule has 0 bridgehead atoms. The van der Waals surface area contributed by atoms with Crippen LogP contribution in [0, 0.1) is 0 Å². The van der Waals surface area contributed by atoms with E-state index in [0.717, 1.165) is 25.9 Å². The summed E-state index contributed by atoms with van der Waals surface area (Å²) in [6, 6.07) is 6.71. The lowest BCUT2D eigenvalue weighted by molar-refractivity contribution is -0.116. The summed E-state index contributed by atoms with van der Waals surface area (Å²) in [7, 11) is 1.33. The van der Waals surface area contributed by atoms with Crippen LogP contribution in [0.4, 0.5) is 5.69 Å². The zero-order chi connectivity index (χ0) is 14.4. The van der Waals surface area contributed by atoms with Crippen molar-refractivity contribution >= 4 is 17.6 Å². The number of hydrogen-bond donors (Lipinski definition) is 1. The topological polar surface area (TPSA) is 64.6 Å². The highest BCUT2D eigenvalue weighted by atomic mass is 16.5. The van der Waals surface area contributed by atoms with Crippen LogP contribution in [-0.4, -0.2) is 31.7 Å². The van der Waals surface area contributed by atoms with E-state index < -0.39 is 5.97 Å². The summed E-state index contributed by atoms with van der Waals surface area (Å²) in [6.07, 6.45) is 3.48. The minimum Gasteiger partial charge on any atom is -0.465 e. The van der Waals surface area contributed by atoms with Gasteiger partial charge in [0.25, 0.3) is 0 Å². The van der Waals surface area contributed by atoms with E-state index in [9.17, 15) is 9.59 Å². The van der Waals surface area contributed by atoms with Gasteiger partial charge < -0.3 is 14.8 Å². The van der Waals surface area contributed by atoms with E-state index in [0.29, 0.717) is 17.7 Å². The second kappa shape index (κ2) is 7.05. The quantitative estimate of drug-likeness (QED) is 0.839. The number of anilines is 1. The fourth-order valence-electron chi connectivity index (χ4n) is 2.23. The molecule has 1 aromatic rings. The van der Waals surface area contributed by atoms with Gasteiger partial charge in [-0.25, -0.2) is 4.79 Å². The Balaban J connectivity index is 1.85. The summed E-state index contributed by atoms with van der Waals surface area (Å²) < 4.78 is 10.1. The Bertz CT molecular complexity index is 481. The van der Waals surface area contributed by atoms with E-state index in [1.54, 1.807) is 24.3 Å². The molecule has 5 heteroatoms. The summed E-state index contributed by atoms with van der Waals surface area (Å²) in [5.74, 6) is -0.483. The van der Waals surface area contributed by atoms with E-state index in [1.165, 1.54) is 7.11 Å². The summed E-state index contributed by atoms with van der Waals surface area (Å²) in [5.41, 5.74) is 1.02. The number of hydrogen-bond acceptors (Lipinski definition) is 4. The Morgan fingerprint density at radius 2 is 2.30 bits per heavy atom. The van der Waals surface area contributed by atoms with Crippen LogP contribution in [0.2, 0.25) is 0 Å². The van der Waals surface area contributed by atoms with Gasteiger partial charge in [-0.3, -0.25) is 4.79 Å². The number of carbonyl (C=O) groups excluding carboxylic acids is 2. The Morgan fingerprint density at radius 3 is 3.00 bits per heavy atom. The van der Waals surface area contributed by atoms with Crippen molar-refractivity contribution in [3.63, 3.8) is 0 Å². The standard InChI is InChI=1S/C15H19NO4/c1-19-15(18)11-4-2-5-12(10-11)16-14(17)8-7-13-6-3-9-20-13/h2,4-5,10,13H,3,6-9H2,1H3,(H,16,17). The molecule has 0 radical (unpaired) electrons.